The van der Waals surface area contributed by atoms with Crippen LogP contribution in [0.2, 0.25) is 0 Å². The third kappa shape index (κ3) is 4.43. The third-order valence-electron chi connectivity index (χ3n) is 4.41. The molecule has 8 heteroatoms. The molecule has 1 unspecified atom stereocenters. The van der Waals surface area contributed by atoms with Crippen molar-refractivity contribution in [3.05, 3.63) is 69.6 Å². The van der Waals surface area contributed by atoms with Crippen LogP contribution in [-0.2, 0) is 27.9 Å². The minimum atomic E-state index is -4.57. The van der Waals surface area contributed by atoms with Gasteiger partial charge in [-0.25, -0.2) is 9.18 Å². The van der Waals surface area contributed by atoms with Crippen LogP contribution in [0.3, 0.4) is 0 Å². The highest BCUT2D eigenvalue weighted by Gasteiger charge is 2.45. The molecule has 2 aromatic rings. The predicted octanol–water partition coefficient (Wildman–Crippen LogP) is 4.30. The maximum absolute atomic E-state index is 15.4. The third-order valence-corrected chi connectivity index (χ3v) is 4.41. The van der Waals surface area contributed by atoms with Crippen LogP contribution < -0.4 is 5.56 Å². The van der Waals surface area contributed by atoms with Gasteiger partial charge in [0.05, 0.1) is 18.7 Å². The van der Waals surface area contributed by atoms with Gasteiger partial charge in [0.1, 0.15) is 0 Å². The van der Waals surface area contributed by atoms with Crippen LogP contribution in [-0.4, -0.2) is 17.1 Å². The normalized spacial score (nSPS) is 14.0. The minimum absolute atomic E-state index is 0.0355. The number of pyridine rings is 1. The summed E-state index contributed by atoms with van der Waals surface area (Å²) in [6.07, 6.45) is -3.83. The number of nitrogens with zero attached hydrogens (tertiary/aromatic N) is 1. The number of ether oxygens (including phenoxy) is 1. The van der Waals surface area contributed by atoms with Crippen LogP contribution in [0, 0.1) is 5.92 Å². The fourth-order valence-electron chi connectivity index (χ4n) is 2.80. The fourth-order valence-corrected chi connectivity index (χ4v) is 2.80. The maximum Gasteiger partial charge on any atom is 0.417 e. The molecule has 0 spiro atoms. The number of rotatable bonds is 6. The molecule has 28 heavy (non-hydrogen) atoms. The van der Waals surface area contributed by atoms with Gasteiger partial charge in [-0.2, -0.15) is 13.2 Å². The summed E-state index contributed by atoms with van der Waals surface area (Å²) in [6, 6.07) is 7.27. The zero-order chi connectivity index (χ0) is 21.1. The molecular formula is C20H21F4NO3. The fraction of sp³-hybridized carbons (Fsp3) is 0.400. The molecular weight excluding hydrogens is 378 g/mol. The van der Waals surface area contributed by atoms with Crippen molar-refractivity contribution in [2.75, 3.05) is 6.61 Å². The number of carbonyl (C=O) groups excluding carboxylic acids is 1. The minimum Gasteiger partial charge on any atom is -0.463 e. The van der Waals surface area contributed by atoms with Gasteiger partial charge in [-0.3, -0.25) is 4.79 Å². The van der Waals surface area contributed by atoms with Crippen molar-refractivity contribution >= 4 is 5.97 Å². The molecule has 2 rings (SSSR count). The van der Waals surface area contributed by atoms with Gasteiger partial charge in [0.25, 0.3) is 5.56 Å². The standard InChI is InChI=1S/C20H21F4NO3/c1-4-28-18(27)19(21,13(2)3)15-7-5-14(6-8-15)11-25-12-16(20(22,23)24)9-10-17(25)26/h5-10,12-13H,4,11H2,1-3H3. The van der Waals surface area contributed by atoms with Crippen LogP contribution in [0.1, 0.15) is 37.5 Å². The lowest BCUT2D eigenvalue weighted by Gasteiger charge is -2.27. The first-order valence-corrected chi connectivity index (χ1v) is 8.73. The summed E-state index contributed by atoms with van der Waals surface area (Å²) in [5.74, 6) is -1.68. The van der Waals surface area contributed by atoms with Crippen LogP contribution in [0.4, 0.5) is 17.6 Å². The van der Waals surface area contributed by atoms with E-state index < -0.39 is 34.9 Å². The quantitative estimate of drug-likeness (QED) is 0.538. The molecule has 1 aromatic carbocycles. The van der Waals surface area contributed by atoms with E-state index in [1.807, 2.05) is 0 Å². The number of aromatic nitrogens is 1. The van der Waals surface area contributed by atoms with Crippen molar-refractivity contribution in [2.24, 2.45) is 5.92 Å². The molecule has 0 aliphatic rings. The molecule has 0 bridgehead atoms. The lowest BCUT2D eigenvalue weighted by molar-refractivity contribution is -0.161. The van der Waals surface area contributed by atoms with Gasteiger partial charge in [-0.1, -0.05) is 38.1 Å². The highest BCUT2D eigenvalue weighted by atomic mass is 19.4. The van der Waals surface area contributed by atoms with Crippen molar-refractivity contribution in [2.45, 2.75) is 39.2 Å². The molecule has 152 valence electrons. The Bertz CT molecular complexity index is 888. The lowest BCUT2D eigenvalue weighted by Crippen LogP contribution is -2.38. The summed E-state index contributed by atoms with van der Waals surface area (Å²) < 4.78 is 59.7. The van der Waals surface area contributed by atoms with Crippen LogP contribution in [0.5, 0.6) is 0 Å². The zero-order valence-electron chi connectivity index (χ0n) is 15.7. The Morgan fingerprint density at radius 1 is 1.04 bits per heavy atom. The van der Waals surface area contributed by atoms with Crippen molar-refractivity contribution < 1.29 is 27.1 Å². The Hall–Kier alpha value is -2.64. The second-order valence-electron chi connectivity index (χ2n) is 6.67. The van der Waals surface area contributed by atoms with E-state index in [0.717, 1.165) is 22.9 Å². The largest absolute Gasteiger partial charge is 0.463 e. The maximum atomic E-state index is 15.4. The average Bonchev–Trinajstić information content (AvgIpc) is 2.62. The smallest absolute Gasteiger partial charge is 0.417 e. The number of esters is 1. The molecule has 0 N–H and O–H groups in total. The molecule has 4 nitrogen and oxygen atoms in total. The van der Waals surface area contributed by atoms with Gasteiger partial charge in [0.15, 0.2) is 0 Å². The Labute approximate surface area is 159 Å². The SMILES string of the molecule is CCOC(=O)C(F)(c1ccc(Cn2cc(C(F)(F)F)ccc2=O)cc1)C(C)C. The number of alkyl halides is 4. The Balaban J connectivity index is 2.33. The van der Waals surface area contributed by atoms with Crippen LogP contribution >= 0.6 is 0 Å². The summed E-state index contributed by atoms with van der Waals surface area (Å²) in [7, 11) is 0. The molecule has 0 saturated heterocycles. The van der Waals surface area contributed by atoms with E-state index >= 15 is 4.39 Å². The molecule has 1 heterocycles. The first-order valence-electron chi connectivity index (χ1n) is 8.73. The second-order valence-corrected chi connectivity index (χ2v) is 6.67. The lowest BCUT2D eigenvalue weighted by atomic mass is 9.85. The number of halogens is 4. The van der Waals surface area contributed by atoms with Crippen LogP contribution in [0.15, 0.2) is 47.4 Å². The highest BCUT2D eigenvalue weighted by molar-refractivity contribution is 5.81. The molecule has 0 aliphatic carbocycles. The summed E-state index contributed by atoms with van der Waals surface area (Å²) in [5.41, 5.74) is -3.30. The average molecular weight is 399 g/mol. The van der Waals surface area contributed by atoms with Crippen molar-refractivity contribution in [1.29, 1.82) is 0 Å². The molecule has 0 amide bonds. The first-order chi connectivity index (χ1) is 13.0. The summed E-state index contributed by atoms with van der Waals surface area (Å²) in [5, 5.41) is 0. The van der Waals surface area contributed by atoms with E-state index in [-0.39, 0.29) is 18.7 Å². The van der Waals surface area contributed by atoms with E-state index in [4.69, 9.17) is 4.74 Å². The molecule has 1 aromatic heterocycles. The molecule has 0 fully saturated rings. The number of hydrogen-bond donors (Lipinski definition) is 0. The zero-order valence-corrected chi connectivity index (χ0v) is 15.7. The van der Waals surface area contributed by atoms with Crippen molar-refractivity contribution in [1.82, 2.24) is 4.57 Å². The van der Waals surface area contributed by atoms with Gasteiger partial charge >= 0.3 is 12.1 Å². The molecule has 1 atom stereocenters. The Morgan fingerprint density at radius 3 is 2.11 bits per heavy atom. The van der Waals surface area contributed by atoms with Crippen molar-refractivity contribution in [3.63, 3.8) is 0 Å². The van der Waals surface area contributed by atoms with Gasteiger partial charge in [-0.05, 0) is 18.6 Å². The van der Waals surface area contributed by atoms with E-state index in [0.29, 0.717) is 5.56 Å². The second kappa shape index (κ2) is 8.16. The highest BCUT2D eigenvalue weighted by Crippen LogP contribution is 2.36. The van der Waals surface area contributed by atoms with E-state index in [9.17, 15) is 22.8 Å². The van der Waals surface area contributed by atoms with Crippen LogP contribution in [0.25, 0.3) is 0 Å². The monoisotopic (exact) mass is 399 g/mol. The first kappa shape index (κ1) is 21.7. The predicted molar refractivity (Wildman–Crippen MR) is 95.5 cm³/mol. The van der Waals surface area contributed by atoms with Gasteiger partial charge in [0.2, 0.25) is 5.67 Å². The van der Waals surface area contributed by atoms with E-state index in [1.54, 1.807) is 20.8 Å². The van der Waals surface area contributed by atoms with Gasteiger partial charge in [0, 0.05) is 23.7 Å². The van der Waals surface area contributed by atoms with Crippen molar-refractivity contribution in [3.8, 4) is 0 Å². The Kier molecular flexibility index (Phi) is 6.31. The number of carbonyl (C=O) groups is 1. The number of hydrogen-bond acceptors (Lipinski definition) is 3. The van der Waals surface area contributed by atoms with E-state index in [2.05, 4.69) is 0 Å². The molecule has 0 radical (unpaired) electrons. The molecule has 0 saturated carbocycles. The van der Waals surface area contributed by atoms with E-state index in [1.165, 1.54) is 24.3 Å². The molecule has 0 aliphatic heterocycles. The van der Waals surface area contributed by atoms with Gasteiger partial charge in [-0.15, -0.1) is 0 Å². The summed E-state index contributed by atoms with van der Waals surface area (Å²) in [4.78, 5) is 24.0. The summed E-state index contributed by atoms with van der Waals surface area (Å²) in [6.45, 7) is 4.59. The number of benzene rings is 1. The summed E-state index contributed by atoms with van der Waals surface area (Å²) >= 11 is 0. The topological polar surface area (TPSA) is 48.3 Å². The van der Waals surface area contributed by atoms with Gasteiger partial charge < -0.3 is 9.30 Å². The Morgan fingerprint density at radius 2 is 1.61 bits per heavy atom.